The predicted octanol–water partition coefficient (Wildman–Crippen LogP) is 5.06. The predicted molar refractivity (Wildman–Crippen MR) is 84.7 cm³/mol. The van der Waals surface area contributed by atoms with Crippen molar-refractivity contribution in [2.75, 3.05) is 5.33 Å². The molecule has 0 saturated carbocycles. The van der Waals surface area contributed by atoms with Crippen LogP contribution < -0.4 is 4.74 Å². The number of halogens is 1. The summed E-state index contributed by atoms with van der Waals surface area (Å²) in [6.07, 6.45) is 2.16. The highest BCUT2D eigenvalue weighted by Gasteiger charge is 1.96. The van der Waals surface area contributed by atoms with Crippen LogP contribution in [-0.4, -0.2) is 5.33 Å². The van der Waals surface area contributed by atoms with Gasteiger partial charge in [-0.15, -0.1) is 0 Å². The van der Waals surface area contributed by atoms with Gasteiger partial charge in [-0.25, -0.2) is 0 Å². The minimum atomic E-state index is 0.608. The van der Waals surface area contributed by atoms with E-state index in [1.165, 1.54) is 16.7 Å². The lowest BCUT2D eigenvalue weighted by atomic mass is 10.1. The maximum Gasteiger partial charge on any atom is 0.119 e. The summed E-state index contributed by atoms with van der Waals surface area (Å²) >= 11 is 3.44. The smallest absolute Gasteiger partial charge is 0.119 e. The first kappa shape index (κ1) is 13.9. The molecule has 2 aromatic carbocycles. The minimum Gasteiger partial charge on any atom is -0.489 e. The zero-order valence-corrected chi connectivity index (χ0v) is 12.6. The maximum absolute atomic E-state index is 5.75. The lowest BCUT2D eigenvalue weighted by molar-refractivity contribution is 0.306. The standard InChI is InChI=1S/C17H17BrO/c1-14(12-18)11-15-7-9-17(10-8-15)19-13-16-5-3-2-4-6-16/h2-11H,12-13H2,1H3. The van der Waals surface area contributed by atoms with Crippen LogP contribution in [0, 0.1) is 0 Å². The summed E-state index contributed by atoms with van der Waals surface area (Å²) in [4.78, 5) is 0. The molecule has 0 N–H and O–H groups in total. The topological polar surface area (TPSA) is 9.23 Å². The number of ether oxygens (including phenoxy) is 1. The van der Waals surface area contributed by atoms with Crippen LogP contribution in [-0.2, 0) is 6.61 Å². The van der Waals surface area contributed by atoms with Crippen molar-refractivity contribution >= 4 is 22.0 Å². The van der Waals surface area contributed by atoms with Gasteiger partial charge in [0.15, 0.2) is 0 Å². The molecule has 0 bridgehead atoms. The first-order chi connectivity index (χ1) is 9.28. The molecule has 1 nitrogen and oxygen atoms in total. The second kappa shape index (κ2) is 7.15. The summed E-state index contributed by atoms with van der Waals surface area (Å²) in [6, 6.07) is 18.4. The van der Waals surface area contributed by atoms with E-state index in [1.54, 1.807) is 0 Å². The molecule has 0 aliphatic heterocycles. The van der Waals surface area contributed by atoms with Gasteiger partial charge >= 0.3 is 0 Å². The molecule has 19 heavy (non-hydrogen) atoms. The summed E-state index contributed by atoms with van der Waals surface area (Å²) in [5, 5.41) is 0.902. The largest absolute Gasteiger partial charge is 0.489 e. The number of hydrogen-bond donors (Lipinski definition) is 0. The highest BCUT2D eigenvalue weighted by molar-refractivity contribution is 9.09. The summed E-state index contributed by atoms with van der Waals surface area (Å²) in [5.41, 5.74) is 3.68. The number of rotatable bonds is 5. The third-order valence-corrected chi connectivity index (χ3v) is 3.64. The quantitative estimate of drug-likeness (QED) is 0.700. The Bertz CT molecular complexity index is 529. The van der Waals surface area contributed by atoms with E-state index in [9.17, 15) is 0 Å². The Kier molecular flexibility index (Phi) is 5.22. The van der Waals surface area contributed by atoms with E-state index in [-0.39, 0.29) is 0 Å². The number of alkyl halides is 1. The lowest BCUT2D eigenvalue weighted by Gasteiger charge is -2.06. The van der Waals surface area contributed by atoms with E-state index in [0.717, 1.165) is 11.1 Å². The van der Waals surface area contributed by atoms with Crippen LogP contribution >= 0.6 is 15.9 Å². The molecule has 0 aliphatic carbocycles. The van der Waals surface area contributed by atoms with Crippen LogP contribution in [0.15, 0.2) is 60.2 Å². The Labute approximate surface area is 123 Å². The normalized spacial score (nSPS) is 11.4. The van der Waals surface area contributed by atoms with Crippen LogP contribution in [0.4, 0.5) is 0 Å². The average Bonchev–Trinajstić information content (AvgIpc) is 2.47. The molecule has 0 heterocycles. The highest BCUT2D eigenvalue weighted by Crippen LogP contribution is 2.16. The molecule has 0 saturated heterocycles. The van der Waals surface area contributed by atoms with Crippen molar-refractivity contribution in [3.05, 3.63) is 71.3 Å². The Balaban J connectivity index is 1.96. The van der Waals surface area contributed by atoms with Crippen LogP contribution in [0.1, 0.15) is 18.1 Å². The van der Waals surface area contributed by atoms with Crippen LogP contribution in [0.25, 0.3) is 6.08 Å². The van der Waals surface area contributed by atoms with Crippen LogP contribution in [0.3, 0.4) is 0 Å². The summed E-state index contributed by atoms with van der Waals surface area (Å²) < 4.78 is 5.75. The van der Waals surface area contributed by atoms with E-state index < -0.39 is 0 Å². The lowest BCUT2D eigenvalue weighted by Crippen LogP contribution is -1.94. The molecule has 0 unspecified atom stereocenters. The van der Waals surface area contributed by atoms with Crippen molar-refractivity contribution < 1.29 is 4.74 Å². The van der Waals surface area contributed by atoms with Gasteiger partial charge in [0.1, 0.15) is 12.4 Å². The molecule has 0 radical (unpaired) electrons. The molecular formula is C17H17BrO. The van der Waals surface area contributed by atoms with E-state index in [1.807, 2.05) is 30.3 Å². The average molecular weight is 317 g/mol. The van der Waals surface area contributed by atoms with Gasteiger partial charge in [-0.2, -0.15) is 0 Å². The molecule has 2 heteroatoms. The maximum atomic E-state index is 5.75. The number of allylic oxidation sites excluding steroid dienone is 1. The van der Waals surface area contributed by atoms with Gasteiger partial charge in [0, 0.05) is 5.33 Å². The Morgan fingerprint density at radius 1 is 1.05 bits per heavy atom. The molecule has 0 aromatic heterocycles. The zero-order valence-electron chi connectivity index (χ0n) is 11.0. The summed E-state index contributed by atoms with van der Waals surface area (Å²) in [7, 11) is 0. The van der Waals surface area contributed by atoms with E-state index in [4.69, 9.17) is 4.74 Å². The molecule has 0 fully saturated rings. The van der Waals surface area contributed by atoms with Crippen molar-refractivity contribution in [3.8, 4) is 5.75 Å². The number of benzene rings is 2. The highest BCUT2D eigenvalue weighted by atomic mass is 79.9. The van der Waals surface area contributed by atoms with Crippen molar-refractivity contribution in [3.63, 3.8) is 0 Å². The van der Waals surface area contributed by atoms with Crippen molar-refractivity contribution in [1.29, 1.82) is 0 Å². The zero-order chi connectivity index (χ0) is 13.5. The third kappa shape index (κ3) is 4.56. The second-order valence-corrected chi connectivity index (χ2v) is 5.03. The summed E-state index contributed by atoms with van der Waals surface area (Å²) in [6.45, 7) is 2.71. The van der Waals surface area contributed by atoms with Gasteiger partial charge in [0.05, 0.1) is 0 Å². The molecular weight excluding hydrogens is 300 g/mol. The molecule has 0 amide bonds. The van der Waals surface area contributed by atoms with Crippen molar-refractivity contribution in [2.24, 2.45) is 0 Å². The van der Waals surface area contributed by atoms with E-state index in [0.29, 0.717) is 6.61 Å². The van der Waals surface area contributed by atoms with Gasteiger partial charge in [-0.3, -0.25) is 0 Å². The fraction of sp³-hybridized carbons (Fsp3) is 0.176. The Hall–Kier alpha value is -1.54. The molecule has 0 aliphatic rings. The van der Waals surface area contributed by atoms with Crippen LogP contribution in [0.2, 0.25) is 0 Å². The SMILES string of the molecule is CC(=Cc1ccc(OCc2ccccc2)cc1)CBr. The van der Waals surface area contributed by atoms with Gasteiger partial charge in [-0.05, 0) is 30.2 Å². The first-order valence-corrected chi connectivity index (χ1v) is 7.40. The van der Waals surface area contributed by atoms with Crippen molar-refractivity contribution in [1.82, 2.24) is 0 Å². The number of hydrogen-bond acceptors (Lipinski definition) is 1. The molecule has 0 atom stereocenters. The van der Waals surface area contributed by atoms with Gasteiger partial charge in [0.2, 0.25) is 0 Å². The Morgan fingerprint density at radius 2 is 1.74 bits per heavy atom. The fourth-order valence-electron chi connectivity index (χ4n) is 1.72. The van der Waals surface area contributed by atoms with Crippen LogP contribution in [0.5, 0.6) is 5.75 Å². The monoisotopic (exact) mass is 316 g/mol. The van der Waals surface area contributed by atoms with E-state index in [2.05, 4.69) is 53.2 Å². The fourth-order valence-corrected chi connectivity index (χ4v) is 1.89. The van der Waals surface area contributed by atoms with Gasteiger partial charge in [-0.1, -0.05) is 70.0 Å². The molecule has 2 aromatic rings. The molecule has 0 spiro atoms. The van der Waals surface area contributed by atoms with Gasteiger partial charge < -0.3 is 4.74 Å². The second-order valence-electron chi connectivity index (χ2n) is 4.47. The minimum absolute atomic E-state index is 0.608. The van der Waals surface area contributed by atoms with Crippen molar-refractivity contribution in [2.45, 2.75) is 13.5 Å². The van der Waals surface area contributed by atoms with E-state index >= 15 is 0 Å². The first-order valence-electron chi connectivity index (χ1n) is 6.28. The molecule has 98 valence electrons. The molecule has 2 rings (SSSR count). The van der Waals surface area contributed by atoms with Gasteiger partial charge in [0.25, 0.3) is 0 Å². The third-order valence-electron chi connectivity index (χ3n) is 2.75. The Morgan fingerprint density at radius 3 is 2.37 bits per heavy atom. The summed E-state index contributed by atoms with van der Waals surface area (Å²) in [5.74, 6) is 0.900.